The molecule has 0 bridgehead atoms. The summed E-state index contributed by atoms with van der Waals surface area (Å²) in [5.41, 5.74) is -1.68. The van der Waals surface area contributed by atoms with Crippen molar-refractivity contribution in [2.75, 3.05) is 6.54 Å². The average molecular weight is 341 g/mol. The van der Waals surface area contributed by atoms with Crippen LogP contribution in [0.15, 0.2) is 0 Å². The van der Waals surface area contributed by atoms with Gasteiger partial charge >= 0.3 is 24.7 Å². The topological polar surface area (TPSA) is 3.24 Å². The summed E-state index contributed by atoms with van der Waals surface area (Å²) in [6.45, 7) is 1.17. The molecule has 0 N–H and O–H groups in total. The Bertz CT molecular complexity index is 373. The van der Waals surface area contributed by atoms with Crippen LogP contribution in [-0.2, 0) is 0 Å². The van der Waals surface area contributed by atoms with E-state index in [1.165, 1.54) is 6.92 Å². The van der Waals surface area contributed by atoms with Gasteiger partial charge in [0.25, 0.3) is 0 Å². The fourth-order valence-electron chi connectivity index (χ4n) is 3.03. The van der Waals surface area contributed by atoms with E-state index in [4.69, 9.17) is 0 Å². The van der Waals surface area contributed by atoms with E-state index >= 15 is 0 Å². The van der Waals surface area contributed by atoms with Gasteiger partial charge in [0.15, 0.2) is 0 Å². The molecule has 1 heterocycles. The summed E-state index contributed by atoms with van der Waals surface area (Å²) in [4.78, 5) is 0.832. The molecule has 1 fully saturated rings. The second-order valence-electron chi connectivity index (χ2n) is 6.17. The first-order valence-electron chi connectivity index (χ1n) is 6.90. The Morgan fingerprint density at radius 2 is 1.55 bits per heavy atom. The third-order valence-electron chi connectivity index (χ3n) is 4.20. The first kappa shape index (κ1) is 19.4. The van der Waals surface area contributed by atoms with Crippen molar-refractivity contribution in [3.05, 3.63) is 0 Å². The van der Waals surface area contributed by atoms with E-state index in [1.807, 2.05) is 0 Å². The fraction of sp³-hybridized carbons (Fsp3) is 1.00. The number of hydrogen-bond donors (Lipinski definition) is 0. The summed E-state index contributed by atoms with van der Waals surface area (Å²) in [6, 6.07) is -0.670. The van der Waals surface area contributed by atoms with E-state index in [9.17, 15) is 35.1 Å². The highest BCUT2D eigenvalue weighted by Gasteiger charge is 2.53. The quantitative estimate of drug-likeness (QED) is 0.627. The average Bonchev–Trinajstić information content (AvgIpc) is 2.33. The zero-order valence-electron chi connectivity index (χ0n) is 12.2. The summed E-state index contributed by atoms with van der Waals surface area (Å²) in [5.74, 6) is -8.74. The molecule has 0 aliphatic carbocycles. The molecule has 0 spiro atoms. The summed E-state index contributed by atoms with van der Waals surface area (Å²) >= 11 is 0. The predicted molar refractivity (Wildman–Crippen MR) is 64.9 cm³/mol. The van der Waals surface area contributed by atoms with Crippen LogP contribution >= 0.6 is 0 Å². The maximum absolute atomic E-state index is 13.4. The van der Waals surface area contributed by atoms with Gasteiger partial charge in [-0.2, -0.15) is 8.78 Å². The minimum absolute atomic E-state index is 0.0288. The van der Waals surface area contributed by atoms with Gasteiger partial charge in [-0.25, -0.2) is 26.3 Å². The van der Waals surface area contributed by atoms with Gasteiger partial charge in [-0.3, -0.25) is 4.90 Å². The molecule has 0 amide bonds. The third-order valence-corrected chi connectivity index (χ3v) is 4.20. The van der Waals surface area contributed by atoms with E-state index in [2.05, 4.69) is 0 Å². The van der Waals surface area contributed by atoms with Crippen LogP contribution in [0, 0.1) is 0 Å². The number of likely N-dealkylation sites (tertiary alicyclic amines) is 1. The lowest BCUT2D eigenvalue weighted by Gasteiger charge is -2.50. The minimum Gasteiger partial charge on any atom is -0.289 e. The number of halogens is 8. The van der Waals surface area contributed by atoms with Crippen LogP contribution < -0.4 is 0 Å². The summed E-state index contributed by atoms with van der Waals surface area (Å²) in [5, 5.41) is 0. The molecule has 0 saturated carbocycles. The lowest BCUT2D eigenvalue weighted by atomic mass is 9.80. The monoisotopic (exact) mass is 341 g/mol. The normalized spacial score (nSPS) is 28.6. The van der Waals surface area contributed by atoms with E-state index < -0.39 is 49.2 Å². The Morgan fingerprint density at radius 1 is 1.05 bits per heavy atom. The zero-order chi connectivity index (χ0) is 17.3. The summed E-state index contributed by atoms with van der Waals surface area (Å²) in [7, 11) is 0. The second-order valence-corrected chi connectivity index (χ2v) is 6.17. The molecular weight excluding hydrogens is 322 g/mol. The van der Waals surface area contributed by atoms with E-state index in [0.717, 1.165) is 11.8 Å². The molecule has 0 aromatic heterocycles. The van der Waals surface area contributed by atoms with Crippen LogP contribution in [0.25, 0.3) is 0 Å². The van der Waals surface area contributed by atoms with E-state index in [-0.39, 0.29) is 6.42 Å². The van der Waals surface area contributed by atoms with Gasteiger partial charge in [-0.15, -0.1) is 0 Å². The van der Waals surface area contributed by atoms with Crippen LogP contribution in [0.4, 0.5) is 35.1 Å². The Balaban J connectivity index is 3.02. The highest BCUT2D eigenvalue weighted by atomic mass is 19.3. The lowest BCUT2D eigenvalue weighted by Crippen LogP contribution is -2.60. The van der Waals surface area contributed by atoms with Crippen molar-refractivity contribution in [3.63, 3.8) is 0 Å². The SMILES string of the molecule is CC1CCCC(C)(CC(F)(F)C(F)F)N1CC(F)(F)C(F)F. The number of hydrogen-bond acceptors (Lipinski definition) is 1. The van der Waals surface area contributed by atoms with Gasteiger partial charge in [0.1, 0.15) is 0 Å². The van der Waals surface area contributed by atoms with Crippen LogP contribution in [0.2, 0.25) is 0 Å². The van der Waals surface area contributed by atoms with Crippen molar-refractivity contribution in [1.82, 2.24) is 4.90 Å². The van der Waals surface area contributed by atoms with Crippen molar-refractivity contribution in [1.29, 1.82) is 0 Å². The van der Waals surface area contributed by atoms with Gasteiger partial charge in [-0.1, -0.05) is 6.42 Å². The number of alkyl halides is 8. The molecule has 2 unspecified atom stereocenters. The number of rotatable bonds is 6. The molecule has 0 aromatic carbocycles. The van der Waals surface area contributed by atoms with Crippen molar-refractivity contribution < 1.29 is 35.1 Å². The summed E-state index contributed by atoms with van der Waals surface area (Å²) in [6.07, 6.45) is -8.51. The molecule has 9 heteroatoms. The van der Waals surface area contributed by atoms with Crippen molar-refractivity contribution in [2.24, 2.45) is 0 Å². The number of piperidine rings is 1. The molecule has 1 nitrogen and oxygen atoms in total. The molecule has 132 valence electrons. The molecular formula is C13H19F8N. The molecule has 1 aliphatic rings. The Kier molecular flexibility index (Phi) is 5.74. The number of nitrogens with zero attached hydrogens (tertiary/aromatic N) is 1. The smallest absolute Gasteiger partial charge is 0.289 e. The largest absolute Gasteiger partial charge is 0.319 e. The van der Waals surface area contributed by atoms with Crippen LogP contribution in [0.1, 0.15) is 39.5 Å². The fourth-order valence-corrected chi connectivity index (χ4v) is 3.03. The molecule has 1 rings (SSSR count). The van der Waals surface area contributed by atoms with Crippen molar-refractivity contribution in [2.45, 2.75) is 75.8 Å². The van der Waals surface area contributed by atoms with Gasteiger partial charge in [0.2, 0.25) is 0 Å². The first-order valence-corrected chi connectivity index (χ1v) is 6.90. The summed E-state index contributed by atoms with van der Waals surface area (Å²) < 4.78 is 103. The molecule has 1 saturated heterocycles. The van der Waals surface area contributed by atoms with Crippen LogP contribution in [0.3, 0.4) is 0 Å². The third kappa shape index (κ3) is 4.23. The Labute approximate surface area is 123 Å². The lowest BCUT2D eigenvalue weighted by molar-refractivity contribution is -0.189. The van der Waals surface area contributed by atoms with Gasteiger partial charge < -0.3 is 0 Å². The molecule has 22 heavy (non-hydrogen) atoms. The minimum atomic E-state index is -4.38. The maximum atomic E-state index is 13.4. The predicted octanol–water partition coefficient (Wildman–Crippen LogP) is 4.81. The van der Waals surface area contributed by atoms with E-state index in [0.29, 0.717) is 12.8 Å². The van der Waals surface area contributed by atoms with E-state index in [1.54, 1.807) is 0 Å². The first-order chi connectivity index (χ1) is 9.82. The van der Waals surface area contributed by atoms with Gasteiger partial charge in [0.05, 0.1) is 6.54 Å². The zero-order valence-corrected chi connectivity index (χ0v) is 12.2. The Morgan fingerprint density at radius 3 is 2.00 bits per heavy atom. The second kappa shape index (κ2) is 6.49. The molecule has 0 radical (unpaired) electrons. The van der Waals surface area contributed by atoms with Crippen LogP contribution in [0.5, 0.6) is 0 Å². The van der Waals surface area contributed by atoms with Gasteiger partial charge in [-0.05, 0) is 26.7 Å². The standard InChI is InChI=1S/C13H19F8N/c1-8-4-3-5-11(2,6-12(18,19)9(14)15)22(8)7-13(20,21)10(16)17/h8-10H,3-7H2,1-2H3. The Hall–Kier alpha value is -0.600. The van der Waals surface area contributed by atoms with Crippen molar-refractivity contribution in [3.8, 4) is 0 Å². The van der Waals surface area contributed by atoms with Crippen LogP contribution in [-0.4, -0.2) is 47.7 Å². The highest BCUT2D eigenvalue weighted by molar-refractivity contribution is 4.99. The molecule has 0 aromatic rings. The molecule has 1 aliphatic heterocycles. The maximum Gasteiger partial charge on any atom is 0.319 e. The molecule has 2 atom stereocenters. The van der Waals surface area contributed by atoms with Gasteiger partial charge in [0, 0.05) is 18.0 Å². The highest BCUT2D eigenvalue weighted by Crippen LogP contribution is 2.43. The van der Waals surface area contributed by atoms with Crippen molar-refractivity contribution >= 4 is 0 Å².